The number of Topliss-reactive ketones (excluding diaryl/α,β-unsaturated/α-hetero) is 1. The lowest BCUT2D eigenvalue weighted by atomic mass is 10.0. The van der Waals surface area contributed by atoms with Crippen LogP contribution in [0.2, 0.25) is 0 Å². The number of aromatic hydroxyl groups is 2. The van der Waals surface area contributed by atoms with Crippen LogP contribution < -0.4 is 9.47 Å². The van der Waals surface area contributed by atoms with Crippen molar-refractivity contribution in [2.45, 2.75) is 52.7 Å². The number of nitrogens with zero attached hydrogens (tertiary/aromatic N) is 1. The summed E-state index contributed by atoms with van der Waals surface area (Å²) in [4.78, 5) is 15.4. The third kappa shape index (κ3) is 5.11. The molecule has 33 heavy (non-hydrogen) atoms. The molecule has 0 saturated carbocycles. The fraction of sp³-hybridized carbons (Fsp3) is 0.333. The van der Waals surface area contributed by atoms with Crippen molar-refractivity contribution in [1.82, 2.24) is 0 Å². The fourth-order valence-corrected chi connectivity index (χ4v) is 3.80. The first-order valence-corrected chi connectivity index (χ1v) is 10.8. The zero-order chi connectivity index (χ0) is 24.4. The molecular weight excluding hydrogens is 418 g/mol. The van der Waals surface area contributed by atoms with Crippen LogP contribution in [-0.2, 0) is 12.8 Å². The predicted octanol–water partition coefficient (Wildman–Crippen LogP) is 5.19. The smallest absolute Gasteiger partial charge is 0.163 e. The Balaban J connectivity index is 0.000000186. The minimum Gasteiger partial charge on any atom is -0.507 e. The van der Waals surface area contributed by atoms with Gasteiger partial charge in [-0.2, -0.15) is 0 Å². The summed E-state index contributed by atoms with van der Waals surface area (Å²) < 4.78 is 11.3. The van der Waals surface area contributed by atoms with Gasteiger partial charge in [0.15, 0.2) is 5.78 Å². The van der Waals surface area contributed by atoms with Gasteiger partial charge in [0.05, 0.1) is 5.56 Å². The van der Waals surface area contributed by atoms with Gasteiger partial charge in [-0.05, 0) is 62.1 Å². The van der Waals surface area contributed by atoms with Crippen LogP contribution in [0.1, 0.15) is 54.7 Å². The van der Waals surface area contributed by atoms with Crippen LogP contribution in [0.25, 0.3) is 0 Å². The molecule has 2 aliphatic rings. The Kier molecular flexibility index (Phi) is 6.96. The summed E-state index contributed by atoms with van der Waals surface area (Å²) in [6.45, 7) is 14.9. The number of fused-ring (bicyclic) bond motifs is 2. The van der Waals surface area contributed by atoms with E-state index in [9.17, 15) is 15.0 Å². The topological polar surface area (TPSA) is 88.4 Å². The molecule has 174 valence electrons. The van der Waals surface area contributed by atoms with Crippen LogP contribution in [-0.4, -0.2) is 41.0 Å². The molecule has 0 aliphatic carbocycles. The second kappa shape index (κ2) is 9.53. The lowest BCUT2D eigenvalue weighted by Gasteiger charge is -2.09. The number of hydrogen-bond donors (Lipinski definition) is 2. The maximum atomic E-state index is 11.3. The van der Waals surface area contributed by atoms with Crippen molar-refractivity contribution in [1.29, 1.82) is 0 Å². The number of carbonyl (C=O) groups excluding carboxylic acids is 1. The number of hydrogen-bond acceptors (Lipinski definition) is 6. The monoisotopic (exact) mass is 449 g/mol. The summed E-state index contributed by atoms with van der Waals surface area (Å²) in [6, 6.07) is 6.84. The summed E-state index contributed by atoms with van der Waals surface area (Å²) >= 11 is 0. The molecule has 0 bridgehead atoms. The average molecular weight is 450 g/mol. The molecule has 2 heterocycles. The van der Waals surface area contributed by atoms with Gasteiger partial charge in [0.1, 0.15) is 35.2 Å². The lowest BCUT2D eigenvalue weighted by Crippen LogP contribution is -2.13. The fourth-order valence-electron chi connectivity index (χ4n) is 3.80. The van der Waals surface area contributed by atoms with Crippen molar-refractivity contribution in [3.8, 4) is 23.0 Å². The molecule has 0 saturated heterocycles. The Labute approximate surface area is 194 Å². The van der Waals surface area contributed by atoms with Gasteiger partial charge in [-0.1, -0.05) is 13.2 Å². The van der Waals surface area contributed by atoms with Crippen molar-refractivity contribution in [2.75, 3.05) is 7.05 Å². The molecule has 0 aromatic heterocycles. The van der Waals surface area contributed by atoms with E-state index in [4.69, 9.17) is 9.47 Å². The predicted molar refractivity (Wildman–Crippen MR) is 130 cm³/mol. The van der Waals surface area contributed by atoms with Crippen molar-refractivity contribution in [3.05, 3.63) is 70.8 Å². The number of ketones is 1. The standard InChI is InChI=1S/C14H17NO2.C13H14O3/c1-8(2)13-6-10-5-11(9(3)15-4)12(16)7-14(10)17-13;1-7(2)12-5-9-4-10(8(3)14)11(15)6-13(9)16-12/h5,7,13,16H,1,6H2,2-4H3;4,6,12,15H,1,5H2,2-3H3/t;12-/m.0/s1. The zero-order valence-electron chi connectivity index (χ0n) is 19.9. The minimum atomic E-state index is -0.140. The number of rotatable bonds is 4. The van der Waals surface area contributed by atoms with Crippen LogP contribution in [0.5, 0.6) is 23.0 Å². The van der Waals surface area contributed by atoms with Crippen molar-refractivity contribution >= 4 is 11.5 Å². The Morgan fingerprint density at radius 2 is 1.27 bits per heavy atom. The highest BCUT2D eigenvalue weighted by Crippen LogP contribution is 2.37. The Hall–Kier alpha value is -3.54. The molecule has 2 aliphatic heterocycles. The van der Waals surface area contributed by atoms with Gasteiger partial charge in [-0.15, -0.1) is 0 Å². The average Bonchev–Trinajstić information content (AvgIpc) is 3.35. The maximum absolute atomic E-state index is 11.3. The van der Waals surface area contributed by atoms with Gasteiger partial charge in [0, 0.05) is 43.3 Å². The first kappa shape index (κ1) is 24.1. The van der Waals surface area contributed by atoms with E-state index >= 15 is 0 Å². The number of ether oxygens (including phenoxy) is 2. The summed E-state index contributed by atoms with van der Waals surface area (Å²) in [5.74, 6) is 1.46. The molecule has 6 nitrogen and oxygen atoms in total. The van der Waals surface area contributed by atoms with E-state index in [0.717, 1.165) is 45.7 Å². The van der Waals surface area contributed by atoms with Gasteiger partial charge in [0.2, 0.25) is 0 Å². The Morgan fingerprint density at radius 3 is 1.67 bits per heavy atom. The second-order valence-electron chi connectivity index (χ2n) is 8.63. The molecule has 1 unspecified atom stereocenters. The molecule has 2 atom stereocenters. The van der Waals surface area contributed by atoms with E-state index in [2.05, 4.69) is 18.2 Å². The summed E-state index contributed by atoms with van der Waals surface area (Å²) in [7, 11) is 1.72. The van der Waals surface area contributed by atoms with Crippen molar-refractivity contribution < 1.29 is 24.5 Å². The molecule has 2 aromatic rings. The highest BCUT2D eigenvalue weighted by molar-refractivity contribution is 6.01. The van der Waals surface area contributed by atoms with Gasteiger partial charge in [-0.3, -0.25) is 9.79 Å². The van der Waals surface area contributed by atoms with E-state index in [1.54, 1.807) is 19.2 Å². The third-order valence-electron chi connectivity index (χ3n) is 5.91. The van der Waals surface area contributed by atoms with E-state index in [-0.39, 0.29) is 29.5 Å². The largest absolute Gasteiger partial charge is 0.507 e. The SMILES string of the molecule is C=C(C)C1Cc2cc(C(C)=NC)c(O)cc2O1.C=C(C)[C@@H]1Cc2cc(C(C)=O)c(O)cc2O1. The van der Waals surface area contributed by atoms with Gasteiger partial charge in [-0.25, -0.2) is 0 Å². The number of phenols is 2. The molecule has 0 radical (unpaired) electrons. The minimum absolute atomic E-state index is 0.0198. The van der Waals surface area contributed by atoms with Gasteiger partial charge in [0.25, 0.3) is 0 Å². The molecule has 2 aromatic carbocycles. The van der Waals surface area contributed by atoms with Crippen LogP contribution in [0.3, 0.4) is 0 Å². The quantitative estimate of drug-likeness (QED) is 0.381. The van der Waals surface area contributed by atoms with Crippen LogP contribution in [0.4, 0.5) is 0 Å². The second-order valence-corrected chi connectivity index (χ2v) is 8.63. The Bertz CT molecular complexity index is 1160. The lowest BCUT2D eigenvalue weighted by molar-refractivity contribution is 0.101. The van der Waals surface area contributed by atoms with Gasteiger partial charge >= 0.3 is 0 Å². The van der Waals surface area contributed by atoms with E-state index in [1.165, 1.54) is 13.0 Å². The van der Waals surface area contributed by atoms with Crippen molar-refractivity contribution in [2.24, 2.45) is 4.99 Å². The van der Waals surface area contributed by atoms with Crippen LogP contribution >= 0.6 is 0 Å². The molecule has 4 rings (SSSR count). The maximum Gasteiger partial charge on any atom is 0.163 e. The third-order valence-corrected chi connectivity index (χ3v) is 5.91. The Morgan fingerprint density at radius 1 is 0.848 bits per heavy atom. The molecule has 6 heteroatoms. The van der Waals surface area contributed by atoms with Crippen LogP contribution in [0.15, 0.2) is 53.6 Å². The summed E-state index contributed by atoms with van der Waals surface area (Å²) in [6.07, 6.45) is 1.51. The molecule has 0 amide bonds. The highest BCUT2D eigenvalue weighted by Gasteiger charge is 2.26. The van der Waals surface area contributed by atoms with E-state index in [1.807, 2.05) is 26.8 Å². The first-order valence-electron chi connectivity index (χ1n) is 10.8. The number of aliphatic imine (C=N–C) groups is 1. The molecular formula is C27H31NO5. The zero-order valence-corrected chi connectivity index (χ0v) is 19.9. The van der Waals surface area contributed by atoms with E-state index in [0.29, 0.717) is 17.7 Å². The molecule has 2 N–H and O–H groups in total. The summed E-state index contributed by atoms with van der Waals surface area (Å²) in [5.41, 5.74) is 5.96. The molecule has 0 fully saturated rings. The number of carbonyl (C=O) groups is 1. The first-order chi connectivity index (χ1) is 15.5. The summed E-state index contributed by atoms with van der Waals surface area (Å²) in [5, 5.41) is 19.6. The molecule has 0 spiro atoms. The van der Waals surface area contributed by atoms with Gasteiger partial charge < -0.3 is 19.7 Å². The highest BCUT2D eigenvalue weighted by atomic mass is 16.5. The normalized spacial score (nSPS) is 18.3. The number of phenolic OH excluding ortho intramolecular Hbond substituents is 2. The van der Waals surface area contributed by atoms with E-state index < -0.39 is 0 Å². The number of benzene rings is 2. The van der Waals surface area contributed by atoms with Crippen molar-refractivity contribution in [3.63, 3.8) is 0 Å². The van der Waals surface area contributed by atoms with Crippen LogP contribution in [0, 0.1) is 0 Å².